The third-order valence-electron chi connectivity index (χ3n) is 2.91. The van der Waals surface area contributed by atoms with Gasteiger partial charge in [-0.1, -0.05) is 6.92 Å². The van der Waals surface area contributed by atoms with Crippen molar-refractivity contribution >= 4 is 0 Å². The van der Waals surface area contributed by atoms with Gasteiger partial charge in [-0.05, 0) is 38.3 Å². The molecule has 0 spiro atoms. The van der Waals surface area contributed by atoms with Crippen molar-refractivity contribution in [2.45, 2.75) is 32.6 Å². The molecule has 0 amide bonds. The van der Waals surface area contributed by atoms with Crippen LogP contribution in [0.5, 0.6) is 0 Å². The Balaban J connectivity index is 2.11. The molecule has 4 nitrogen and oxygen atoms in total. The van der Waals surface area contributed by atoms with E-state index in [9.17, 15) is 0 Å². The fraction of sp³-hybridized carbons (Fsp3) is 0.769. The van der Waals surface area contributed by atoms with Gasteiger partial charge in [-0.25, -0.2) is 0 Å². The number of nitrogens with zero attached hydrogens (tertiary/aromatic N) is 2. The summed E-state index contributed by atoms with van der Waals surface area (Å²) >= 11 is 0. The van der Waals surface area contributed by atoms with Crippen molar-refractivity contribution in [3.63, 3.8) is 0 Å². The molecular formula is C13H25N3O. The summed E-state index contributed by atoms with van der Waals surface area (Å²) in [5, 5.41) is 7.81. The fourth-order valence-corrected chi connectivity index (χ4v) is 1.83. The number of hydrogen-bond acceptors (Lipinski definition) is 3. The highest BCUT2D eigenvalue weighted by Gasteiger charge is 2.02. The molecule has 98 valence electrons. The van der Waals surface area contributed by atoms with Gasteiger partial charge in [0.05, 0.1) is 12.3 Å². The Morgan fingerprint density at radius 2 is 2.18 bits per heavy atom. The van der Waals surface area contributed by atoms with Crippen molar-refractivity contribution in [3.05, 3.63) is 17.5 Å². The molecule has 0 aliphatic rings. The average molecular weight is 239 g/mol. The van der Waals surface area contributed by atoms with Gasteiger partial charge in [0, 0.05) is 26.4 Å². The van der Waals surface area contributed by atoms with Crippen LogP contribution >= 0.6 is 0 Å². The van der Waals surface area contributed by atoms with E-state index < -0.39 is 0 Å². The molecule has 17 heavy (non-hydrogen) atoms. The molecule has 0 unspecified atom stereocenters. The van der Waals surface area contributed by atoms with E-state index in [0.29, 0.717) is 0 Å². The normalized spacial score (nSPS) is 11.0. The number of rotatable bonds is 9. The Kier molecular flexibility index (Phi) is 6.89. The van der Waals surface area contributed by atoms with Crippen LogP contribution in [0.15, 0.2) is 6.07 Å². The SMILES string of the molecule is CCc1cc(CCCCNCCOC)n(C)n1. The van der Waals surface area contributed by atoms with Gasteiger partial charge in [-0.2, -0.15) is 5.10 Å². The average Bonchev–Trinajstić information content (AvgIpc) is 2.69. The summed E-state index contributed by atoms with van der Waals surface area (Å²) in [6.45, 7) is 4.96. The van der Waals surface area contributed by atoms with E-state index >= 15 is 0 Å². The predicted molar refractivity (Wildman–Crippen MR) is 70.3 cm³/mol. The first kappa shape index (κ1) is 14.2. The number of ether oxygens (including phenoxy) is 1. The molecule has 1 N–H and O–H groups in total. The summed E-state index contributed by atoms with van der Waals surface area (Å²) in [6.07, 6.45) is 4.56. The van der Waals surface area contributed by atoms with Gasteiger partial charge in [0.25, 0.3) is 0 Å². The maximum absolute atomic E-state index is 4.97. The minimum Gasteiger partial charge on any atom is -0.383 e. The first-order chi connectivity index (χ1) is 8.27. The Morgan fingerprint density at radius 3 is 2.82 bits per heavy atom. The third-order valence-corrected chi connectivity index (χ3v) is 2.91. The van der Waals surface area contributed by atoms with Gasteiger partial charge in [-0.3, -0.25) is 4.68 Å². The minimum atomic E-state index is 0.793. The second kappa shape index (κ2) is 8.25. The topological polar surface area (TPSA) is 39.1 Å². The molecule has 0 aromatic carbocycles. The van der Waals surface area contributed by atoms with Crippen LogP contribution < -0.4 is 5.32 Å². The molecule has 0 radical (unpaired) electrons. The smallest absolute Gasteiger partial charge is 0.0624 e. The molecule has 0 aliphatic heterocycles. The highest BCUT2D eigenvalue weighted by molar-refractivity contribution is 5.10. The lowest BCUT2D eigenvalue weighted by Crippen LogP contribution is -2.20. The number of aromatic nitrogens is 2. The Bertz CT molecular complexity index is 310. The maximum atomic E-state index is 4.97. The molecule has 1 rings (SSSR count). The summed E-state index contributed by atoms with van der Waals surface area (Å²) < 4.78 is 6.99. The van der Waals surface area contributed by atoms with Crippen LogP contribution in [-0.4, -0.2) is 36.6 Å². The molecule has 0 saturated carbocycles. The molecule has 1 heterocycles. The number of hydrogen-bond donors (Lipinski definition) is 1. The van der Waals surface area contributed by atoms with Crippen molar-refractivity contribution in [2.24, 2.45) is 7.05 Å². The quantitative estimate of drug-likeness (QED) is 0.664. The fourth-order valence-electron chi connectivity index (χ4n) is 1.83. The van der Waals surface area contributed by atoms with Gasteiger partial charge in [-0.15, -0.1) is 0 Å². The molecule has 0 saturated heterocycles. The molecular weight excluding hydrogens is 214 g/mol. The standard InChI is InChI=1S/C13H25N3O/c1-4-12-11-13(16(2)15-12)7-5-6-8-14-9-10-17-3/h11,14H,4-10H2,1-3H3. The minimum absolute atomic E-state index is 0.793. The zero-order chi connectivity index (χ0) is 12.5. The van der Waals surface area contributed by atoms with Gasteiger partial charge in [0.15, 0.2) is 0 Å². The Hall–Kier alpha value is -0.870. The second-order valence-electron chi connectivity index (χ2n) is 4.30. The zero-order valence-electron chi connectivity index (χ0n) is 11.3. The molecule has 4 heteroatoms. The largest absolute Gasteiger partial charge is 0.383 e. The maximum Gasteiger partial charge on any atom is 0.0624 e. The number of nitrogens with one attached hydrogen (secondary N) is 1. The van der Waals surface area contributed by atoms with Gasteiger partial charge >= 0.3 is 0 Å². The van der Waals surface area contributed by atoms with Gasteiger partial charge < -0.3 is 10.1 Å². The second-order valence-corrected chi connectivity index (χ2v) is 4.30. The Morgan fingerprint density at radius 1 is 1.35 bits per heavy atom. The van der Waals surface area contributed by atoms with Crippen LogP contribution in [0.2, 0.25) is 0 Å². The summed E-state index contributed by atoms with van der Waals surface area (Å²) in [5.41, 5.74) is 2.54. The molecule has 0 atom stereocenters. The summed E-state index contributed by atoms with van der Waals surface area (Å²) in [4.78, 5) is 0. The van der Waals surface area contributed by atoms with Crippen LogP contribution in [0.4, 0.5) is 0 Å². The van der Waals surface area contributed by atoms with Crippen molar-refractivity contribution in [1.82, 2.24) is 15.1 Å². The lowest BCUT2D eigenvalue weighted by Gasteiger charge is -2.04. The van der Waals surface area contributed by atoms with Crippen molar-refractivity contribution in [2.75, 3.05) is 26.8 Å². The van der Waals surface area contributed by atoms with Crippen molar-refractivity contribution in [1.29, 1.82) is 0 Å². The van der Waals surface area contributed by atoms with E-state index in [4.69, 9.17) is 4.74 Å². The van der Waals surface area contributed by atoms with Gasteiger partial charge in [0.2, 0.25) is 0 Å². The molecule has 0 bridgehead atoms. The highest BCUT2D eigenvalue weighted by Crippen LogP contribution is 2.07. The number of unbranched alkanes of at least 4 members (excludes halogenated alkanes) is 1. The van der Waals surface area contributed by atoms with E-state index in [1.165, 1.54) is 24.2 Å². The van der Waals surface area contributed by atoms with Crippen LogP contribution in [0.3, 0.4) is 0 Å². The van der Waals surface area contributed by atoms with E-state index in [1.807, 2.05) is 11.7 Å². The van der Waals surface area contributed by atoms with Crippen molar-refractivity contribution in [3.8, 4) is 0 Å². The van der Waals surface area contributed by atoms with Crippen LogP contribution in [0.1, 0.15) is 31.2 Å². The summed E-state index contributed by atoms with van der Waals surface area (Å²) in [6, 6.07) is 2.22. The van der Waals surface area contributed by atoms with Crippen LogP contribution in [-0.2, 0) is 24.6 Å². The third kappa shape index (κ3) is 5.33. The monoisotopic (exact) mass is 239 g/mol. The van der Waals surface area contributed by atoms with E-state index in [1.54, 1.807) is 7.11 Å². The molecule has 1 aromatic rings. The van der Waals surface area contributed by atoms with E-state index in [0.717, 1.165) is 32.5 Å². The number of aryl methyl sites for hydroxylation is 3. The van der Waals surface area contributed by atoms with Crippen molar-refractivity contribution < 1.29 is 4.74 Å². The summed E-state index contributed by atoms with van der Waals surface area (Å²) in [5.74, 6) is 0. The zero-order valence-corrected chi connectivity index (χ0v) is 11.3. The molecule has 1 aromatic heterocycles. The van der Waals surface area contributed by atoms with Crippen LogP contribution in [0.25, 0.3) is 0 Å². The lowest BCUT2D eigenvalue weighted by atomic mass is 10.2. The highest BCUT2D eigenvalue weighted by atomic mass is 16.5. The number of methoxy groups -OCH3 is 1. The molecule has 0 fully saturated rings. The molecule has 0 aliphatic carbocycles. The summed E-state index contributed by atoms with van der Waals surface area (Å²) in [7, 11) is 3.76. The predicted octanol–water partition coefficient (Wildman–Crippen LogP) is 1.54. The first-order valence-corrected chi connectivity index (χ1v) is 6.49. The van der Waals surface area contributed by atoms with E-state index in [2.05, 4.69) is 23.4 Å². The van der Waals surface area contributed by atoms with E-state index in [-0.39, 0.29) is 0 Å². The lowest BCUT2D eigenvalue weighted by molar-refractivity contribution is 0.199. The van der Waals surface area contributed by atoms with Crippen LogP contribution in [0, 0.1) is 0 Å². The van der Waals surface area contributed by atoms with Gasteiger partial charge in [0.1, 0.15) is 0 Å². The Labute approximate surface area is 104 Å². The first-order valence-electron chi connectivity index (χ1n) is 6.49.